The molecule has 1 aliphatic carbocycles. The molecule has 0 spiro atoms. The zero-order valence-electron chi connectivity index (χ0n) is 52.3. The van der Waals surface area contributed by atoms with Gasteiger partial charge < -0.3 is 61.5 Å². The van der Waals surface area contributed by atoms with Crippen molar-refractivity contribution >= 4 is 117 Å². The second-order valence-corrected chi connectivity index (χ2v) is 27.4. The van der Waals surface area contributed by atoms with Crippen molar-refractivity contribution in [2.75, 3.05) is 72.4 Å². The van der Waals surface area contributed by atoms with Crippen LogP contribution in [0.3, 0.4) is 0 Å². The van der Waals surface area contributed by atoms with Crippen LogP contribution < -0.4 is 52.0 Å². The molecule has 0 bridgehead atoms. The van der Waals surface area contributed by atoms with Crippen molar-refractivity contribution < 1.29 is 57.3 Å². The number of unbranched alkanes of at least 4 members (excludes halogenated alkanes) is 2. The van der Waals surface area contributed by atoms with Crippen LogP contribution in [0.1, 0.15) is 142 Å². The number of amides is 8. The van der Waals surface area contributed by atoms with Crippen molar-refractivity contribution in [1.82, 2.24) is 21.3 Å². The van der Waals surface area contributed by atoms with Crippen LogP contribution in [0, 0.1) is 25.7 Å². The molecule has 24 heteroatoms. The molecule has 492 valence electrons. The van der Waals surface area contributed by atoms with Gasteiger partial charge in [-0.25, -0.2) is 9.59 Å². The highest BCUT2D eigenvalue weighted by atomic mass is 35.5. The van der Waals surface area contributed by atoms with E-state index in [0.29, 0.717) is 143 Å². The number of Topliss-reactive ketones (excluding diaryl/α,β-unsaturated/α-hetero) is 2. The van der Waals surface area contributed by atoms with Gasteiger partial charge >= 0.3 is 12.1 Å². The number of anilines is 4. The van der Waals surface area contributed by atoms with E-state index in [0.717, 1.165) is 74.0 Å². The third kappa shape index (κ3) is 22.6. The minimum Gasteiger partial charge on any atom is -0.489 e. The number of hydrogen-bond acceptors (Lipinski definition) is 14. The first-order valence-corrected chi connectivity index (χ1v) is 34.6. The number of fused-ring (bicyclic) bond motifs is 2. The summed E-state index contributed by atoms with van der Waals surface area (Å²) in [4.78, 5) is 98.6. The summed E-state index contributed by atoms with van der Waals surface area (Å²) in [6.07, 6.45) is 11.7. The summed E-state index contributed by atoms with van der Waals surface area (Å²) < 4.78 is 23.2. The van der Waals surface area contributed by atoms with E-state index in [1.807, 2.05) is 37.4 Å². The highest BCUT2D eigenvalue weighted by molar-refractivity contribution is 8.00. The van der Waals surface area contributed by atoms with Crippen LogP contribution in [-0.4, -0.2) is 133 Å². The first-order valence-electron chi connectivity index (χ1n) is 31.7. The Morgan fingerprint density at radius 3 is 1.43 bits per heavy atom. The van der Waals surface area contributed by atoms with Crippen LogP contribution >= 0.6 is 46.7 Å². The molecule has 1 saturated carbocycles. The average Bonchev–Trinajstić information content (AvgIpc) is 2.08. The third-order valence-electron chi connectivity index (χ3n) is 16.3. The zero-order chi connectivity index (χ0) is 64.8. The molecular weight excluding hydrogens is 1240 g/mol. The van der Waals surface area contributed by atoms with Gasteiger partial charge in [0, 0.05) is 106 Å². The van der Waals surface area contributed by atoms with Crippen molar-refractivity contribution in [1.29, 1.82) is 0 Å². The predicted octanol–water partition coefficient (Wildman–Crippen LogP) is 12.1. The summed E-state index contributed by atoms with van der Waals surface area (Å²) in [6.45, 7) is 9.34. The molecular formula is C67H86Cl2N8O12S2. The van der Waals surface area contributed by atoms with Gasteiger partial charge in [0.1, 0.15) is 36.3 Å². The molecule has 8 amide bonds. The van der Waals surface area contributed by atoms with Crippen LogP contribution in [-0.2, 0) is 28.7 Å². The van der Waals surface area contributed by atoms with Gasteiger partial charge in [-0.05, 0) is 155 Å². The standard InChI is InChI=1S/C34H43ClN4O6S.C33H43ClN4O6S/c1-21-17-24(11-12-26(21)35)36-33(42)23-10-13-29(27(19-23)37-31(41)18-22-8-9-22)45-16-15-44-14-4-6-25(40)5-2-3-7-30-32-28(20-46-30)38-34(43)39-32;1-20(2)31(40)36-26-18-22(32(41)35-23-11-12-25(34)21(3)17-23)10-13-28(26)44-16-15-43-14-6-8-24(39)7-4-5-9-29-30-27(19-45-29)37-33(42)38-30/h10-13,17,19,22,28,30,32H,2-9,14-16,18,20H2,1H3,(H,36,42)(H,37,41)(H2,38,39,43);10-13,17-18,20,27,29-30H,4-9,14-16,19H2,1-3H3,(H,35,41)(H,36,40)(H2,37,38,42)/t28-,30?,32-;27-,29?,30-/m00/s1. The second-order valence-electron chi connectivity index (χ2n) is 24.0. The Labute approximate surface area is 551 Å². The van der Waals surface area contributed by atoms with Crippen molar-refractivity contribution in [2.45, 2.75) is 159 Å². The highest BCUT2D eigenvalue weighted by Crippen LogP contribution is 2.36. The first-order chi connectivity index (χ1) is 43.8. The second kappa shape index (κ2) is 35.5. The number of ketones is 2. The number of halogens is 2. The molecule has 5 aliphatic rings. The lowest BCUT2D eigenvalue weighted by Crippen LogP contribution is -2.36. The van der Waals surface area contributed by atoms with Gasteiger partial charge in [0.25, 0.3) is 11.8 Å². The molecule has 20 nitrogen and oxygen atoms in total. The van der Waals surface area contributed by atoms with E-state index in [1.165, 1.54) is 0 Å². The molecule has 6 atom stereocenters. The fourth-order valence-corrected chi connectivity index (χ4v) is 14.3. The van der Waals surface area contributed by atoms with Crippen LogP contribution in [0.2, 0.25) is 10.0 Å². The van der Waals surface area contributed by atoms with Gasteiger partial charge in [-0.15, -0.1) is 0 Å². The Balaban J connectivity index is 0.000000235. The van der Waals surface area contributed by atoms with E-state index in [9.17, 15) is 38.4 Å². The molecule has 8 N–H and O–H groups in total. The molecule has 0 radical (unpaired) electrons. The minimum absolute atomic E-state index is 0.0668. The summed E-state index contributed by atoms with van der Waals surface area (Å²) in [5, 5.41) is 25.5. The highest BCUT2D eigenvalue weighted by Gasteiger charge is 2.43. The summed E-state index contributed by atoms with van der Waals surface area (Å²) in [5.74, 6) is 2.49. The topological polar surface area (TPSA) is 270 Å². The normalized spacial score (nSPS) is 19.4. The molecule has 0 aromatic heterocycles. The molecule has 4 saturated heterocycles. The van der Waals surface area contributed by atoms with Crippen LogP contribution in [0.25, 0.3) is 0 Å². The van der Waals surface area contributed by atoms with E-state index < -0.39 is 0 Å². The fourth-order valence-electron chi connectivity index (χ4n) is 10.9. The van der Waals surface area contributed by atoms with E-state index in [2.05, 4.69) is 42.5 Å². The summed E-state index contributed by atoms with van der Waals surface area (Å²) >= 11 is 16.0. The quantitative estimate of drug-likeness (QED) is 0.0157. The van der Waals surface area contributed by atoms with Gasteiger partial charge in [0.15, 0.2) is 0 Å². The molecule has 4 aliphatic heterocycles. The largest absolute Gasteiger partial charge is 0.489 e. The molecule has 4 heterocycles. The van der Waals surface area contributed by atoms with Crippen molar-refractivity contribution in [2.24, 2.45) is 11.8 Å². The molecule has 4 aromatic rings. The lowest BCUT2D eigenvalue weighted by Gasteiger charge is -2.16. The zero-order valence-corrected chi connectivity index (χ0v) is 55.4. The number of carbonyl (C=O) groups is 8. The molecule has 5 fully saturated rings. The average molecular weight is 1330 g/mol. The Hall–Kier alpha value is -6.56. The predicted molar refractivity (Wildman–Crippen MR) is 360 cm³/mol. The van der Waals surface area contributed by atoms with E-state index in [4.69, 9.17) is 42.1 Å². The van der Waals surface area contributed by atoms with Crippen LogP contribution in [0.15, 0.2) is 72.8 Å². The number of ether oxygens (including phenoxy) is 4. The van der Waals surface area contributed by atoms with Crippen LogP contribution in [0.4, 0.5) is 32.3 Å². The van der Waals surface area contributed by atoms with Gasteiger partial charge in [-0.1, -0.05) is 49.9 Å². The maximum absolute atomic E-state index is 13.0. The van der Waals surface area contributed by atoms with E-state index >= 15 is 0 Å². The van der Waals surface area contributed by atoms with Crippen molar-refractivity contribution in [3.05, 3.63) is 105 Å². The summed E-state index contributed by atoms with van der Waals surface area (Å²) in [5.41, 5.74) is 4.52. The summed E-state index contributed by atoms with van der Waals surface area (Å²) in [7, 11) is 0. The maximum atomic E-state index is 13.0. The summed E-state index contributed by atoms with van der Waals surface area (Å²) in [6, 6.07) is 21.1. The number of urea groups is 2. The molecule has 91 heavy (non-hydrogen) atoms. The van der Waals surface area contributed by atoms with Crippen LogP contribution in [0.5, 0.6) is 11.5 Å². The Morgan fingerprint density at radius 2 is 0.989 bits per heavy atom. The van der Waals surface area contributed by atoms with Gasteiger partial charge in [0.05, 0.1) is 48.8 Å². The van der Waals surface area contributed by atoms with Crippen molar-refractivity contribution in [3.63, 3.8) is 0 Å². The molecule has 4 aromatic carbocycles. The third-order valence-corrected chi connectivity index (χ3v) is 20.1. The molecule has 9 rings (SSSR count). The number of thioether (sulfide) groups is 2. The fraction of sp³-hybridized carbons (Fsp3) is 0.522. The first kappa shape index (κ1) is 70.3. The number of carbonyl (C=O) groups excluding carboxylic acids is 8. The lowest BCUT2D eigenvalue weighted by molar-refractivity contribution is -0.120. The smallest absolute Gasteiger partial charge is 0.315 e. The number of aryl methyl sites for hydroxylation is 2. The van der Waals surface area contributed by atoms with E-state index in [-0.39, 0.29) is 90.6 Å². The monoisotopic (exact) mass is 1330 g/mol. The number of hydrogen-bond donors (Lipinski definition) is 8. The maximum Gasteiger partial charge on any atom is 0.315 e. The number of benzene rings is 4. The molecule has 2 unspecified atom stereocenters. The Bertz CT molecular complexity index is 3210. The Morgan fingerprint density at radius 1 is 0.538 bits per heavy atom. The number of nitrogens with one attached hydrogen (secondary N) is 8. The van der Waals surface area contributed by atoms with Gasteiger partial charge in [-0.3, -0.25) is 28.8 Å². The van der Waals surface area contributed by atoms with Gasteiger partial charge in [0.2, 0.25) is 11.8 Å². The van der Waals surface area contributed by atoms with E-state index in [1.54, 1.807) is 86.6 Å². The Kier molecular flexibility index (Phi) is 27.4. The minimum atomic E-state index is -0.330. The lowest BCUT2D eigenvalue weighted by atomic mass is 10.0. The van der Waals surface area contributed by atoms with Crippen molar-refractivity contribution in [3.8, 4) is 11.5 Å². The van der Waals surface area contributed by atoms with Gasteiger partial charge in [-0.2, -0.15) is 23.5 Å². The SMILES string of the molecule is Cc1cc(NC(=O)c2ccc(OCCOCCCC(=O)CCCCC3SC[C@@H]4NC(=O)N[C@H]34)c(NC(=O)C(C)C)c2)ccc1Cl.Cc1cc(NC(=O)c2ccc(OCCOCCCC(=O)CCCCC3SC[C@@H]4NC(=O)N[C@H]34)c(NC(=O)CC3CC3)c2)ccc1Cl. The number of rotatable bonds is 35.